The number of amides is 1. The number of carbonyl (C=O) groups excluding carboxylic acids is 1. The summed E-state index contributed by atoms with van der Waals surface area (Å²) in [6, 6.07) is 11.8. The minimum Gasteiger partial charge on any atom is -0.386 e. The van der Waals surface area contributed by atoms with E-state index in [0.29, 0.717) is 10.1 Å². The molecule has 0 aromatic heterocycles. The average Bonchev–Trinajstić information content (AvgIpc) is 2.86. The Balaban J connectivity index is 1.87. The molecule has 0 aliphatic carbocycles. The summed E-state index contributed by atoms with van der Waals surface area (Å²) < 4.78 is 3.18. The van der Waals surface area contributed by atoms with Gasteiger partial charge in [0.05, 0.1) is 16.3 Å². The number of nitrogens with one attached hydrogen (secondary N) is 2. The van der Waals surface area contributed by atoms with Gasteiger partial charge < -0.3 is 10.6 Å². The fourth-order valence-corrected chi connectivity index (χ4v) is 5.79. The van der Waals surface area contributed by atoms with Crippen LogP contribution in [-0.2, 0) is 4.79 Å². The Morgan fingerprint density at radius 1 is 1.24 bits per heavy atom. The first-order valence-corrected chi connectivity index (χ1v) is 10.9. The second kappa shape index (κ2) is 8.40. The van der Waals surface area contributed by atoms with E-state index in [2.05, 4.69) is 88.9 Å². The largest absolute Gasteiger partial charge is 0.386 e. The van der Waals surface area contributed by atoms with E-state index >= 15 is 0 Å². The molecule has 4 nitrogen and oxygen atoms in total. The van der Waals surface area contributed by atoms with Gasteiger partial charge in [0.2, 0.25) is 0 Å². The van der Waals surface area contributed by atoms with Gasteiger partial charge in [-0.15, -0.1) is 0 Å². The Hall–Kier alpha value is -0.590. The Morgan fingerprint density at radius 2 is 1.96 bits per heavy atom. The lowest BCUT2D eigenvalue weighted by atomic mass is 10.2. The van der Waals surface area contributed by atoms with Crippen molar-refractivity contribution in [3.63, 3.8) is 0 Å². The summed E-state index contributed by atoms with van der Waals surface area (Å²) in [4.78, 5) is 17.4. The molecule has 0 atom stereocenters. The minimum absolute atomic E-state index is 0.124. The van der Waals surface area contributed by atoms with Crippen LogP contribution in [0.5, 0.6) is 0 Å². The number of hydrogen-bond acceptors (Lipinski definition) is 4. The standard InChI is InChI=1S/C17H12BrI2N3OS/c1-21-15-12(19)5-9(6-13(15)20)7-14-16(24)23-17(25-14)22-11-4-2-3-10(18)8-11/h2-8,21H,1H3,(H,22,23,24)/b14-7-. The molecule has 2 aromatic carbocycles. The zero-order valence-electron chi connectivity index (χ0n) is 12.9. The average molecular weight is 640 g/mol. The topological polar surface area (TPSA) is 53.5 Å². The zero-order valence-corrected chi connectivity index (χ0v) is 19.7. The fraction of sp³-hybridized carbons (Fsp3) is 0.0588. The fourth-order valence-electron chi connectivity index (χ4n) is 2.21. The summed E-state index contributed by atoms with van der Waals surface area (Å²) in [6.07, 6.45) is 1.90. The van der Waals surface area contributed by atoms with Crippen LogP contribution in [0.15, 0.2) is 50.8 Å². The second-order valence-corrected chi connectivity index (χ2v) is 9.34. The van der Waals surface area contributed by atoms with E-state index < -0.39 is 0 Å². The van der Waals surface area contributed by atoms with Gasteiger partial charge in [-0.3, -0.25) is 4.79 Å². The third-order valence-electron chi connectivity index (χ3n) is 3.30. The molecule has 1 amide bonds. The number of rotatable bonds is 3. The second-order valence-electron chi connectivity index (χ2n) is 5.07. The molecule has 0 bridgehead atoms. The van der Waals surface area contributed by atoms with E-state index in [0.717, 1.165) is 28.6 Å². The molecule has 25 heavy (non-hydrogen) atoms. The lowest BCUT2D eigenvalue weighted by Crippen LogP contribution is -2.19. The van der Waals surface area contributed by atoms with Crippen molar-refractivity contribution in [2.24, 2.45) is 4.99 Å². The molecule has 0 radical (unpaired) electrons. The van der Waals surface area contributed by atoms with Gasteiger partial charge in [0.15, 0.2) is 5.17 Å². The Kier molecular flexibility index (Phi) is 6.44. The lowest BCUT2D eigenvalue weighted by molar-refractivity contribution is -0.115. The van der Waals surface area contributed by atoms with Gasteiger partial charge in [0.1, 0.15) is 0 Å². The van der Waals surface area contributed by atoms with E-state index in [-0.39, 0.29) is 5.91 Å². The van der Waals surface area contributed by atoms with Crippen molar-refractivity contribution in [1.82, 2.24) is 5.32 Å². The van der Waals surface area contributed by atoms with Gasteiger partial charge >= 0.3 is 0 Å². The number of anilines is 1. The Labute approximate surface area is 185 Å². The third-order valence-corrected chi connectivity index (χ3v) is 6.41. The number of nitrogens with zero attached hydrogens (tertiary/aromatic N) is 1. The highest BCUT2D eigenvalue weighted by Gasteiger charge is 2.24. The summed E-state index contributed by atoms with van der Waals surface area (Å²) in [5.74, 6) is -0.124. The molecule has 1 aliphatic heterocycles. The number of hydrogen-bond donors (Lipinski definition) is 2. The minimum atomic E-state index is -0.124. The van der Waals surface area contributed by atoms with E-state index in [1.54, 1.807) is 0 Å². The molecule has 8 heteroatoms. The van der Waals surface area contributed by atoms with Crippen LogP contribution in [0.4, 0.5) is 11.4 Å². The number of aliphatic imine (C=N–C) groups is 1. The van der Waals surface area contributed by atoms with Crippen molar-refractivity contribution < 1.29 is 4.79 Å². The quantitative estimate of drug-likeness (QED) is 0.340. The molecular formula is C17H12BrI2N3OS. The molecule has 2 aromatic rings. The van der Waals surface area contributed by atoms with Crippen molar-refractivity contribution in [3.05, 3.63) is 58.5 Å². The molecule has 1 heterocycles. The Bertz CT molecular complexity index is 892. The molecule has 1 fully saturated rings. The summed E-state index contributed by atoms with van der Waals surface area (Å²) in [6.45, 7) is 0. The van der Waals surface area contributed by atoms with Crippen LogP contribution in [0, 0.1) is 7.14 Å². The van der Waals surface area contributed by atoms with Crippen molar-refractivity contribution >= 4 is 101 Å². The molecule has 1 aliphatic rings. The molecule has 128 valence electrons. The van der Waals surface area contributed by atoms with Crippen LogP contribution in [0.25, 0.3) is 6.08 Å². The first-order valence-electron chi connectivity index (χ1n) is 7.18. The molecular weight excluding hydrogens is 628 g/mol. The van der Waals surface area contributed by atoms with Crippen LogP contribution in [-0.4, -0.2) is 18.1 Å². The SMILES string of the molecule is CNc1c(I)cc(/C=C2\SC(=Nc3cccc(Br)c3)NC2=O)cc1I. The van der Waals surface area contributed by atoms with Crippen LogP contribution < -0.4 is 10.6 Å². The third kappa shape index (κ3) is 4.77. The van der Waals surface area contributed by atoms with E-state index in [9.17, 15) is 4.79 Å². The first-order chi connectivity index (χ1) is 12.0. The lowest BCUT2D eigenvalue weighted by Gasteiger charge is -2.08. The normalized spacial score (nSPS) is 17.2. The zero-order chi connectivity index (χ0) is 18.0. The van der Waals surface area contributed by atoms with Gasteiger partial charge in [-0.05, 0) is 98.9 Å². The highest BCUT2D eigenvalue weighted by atomic mass is 127. The summed E-state index contributed by atoms with van der Waals surface area (Å²) in [5.41, 5.74) is 2.89. The molecule has 0 unspecified atom stereocenters. The molecule has 2 N–H and O–H groups in total. The van der Waals surface area contributed by atoms with Crippen molar-refractivity contribution in [1.29, 1.82) is 0 Å². The maximum atomic E-state index is 12.2. The maximum absolute atomic E-state index is 12.2. The summed E-state index contributed by atoms with van der Waals surface area (Å²) in [5, 5.41) is 6.60. The van der Waals surface area contributed by atoms with Gasteiger partial charge in [0, 0.05) is 18.7 Å². The van der Waals surface area contributed by atoms with Crippen molar-refractivity contribution in [2.45, 2.75) is 0 Å². The molecule has 3 rings (SSSR count). The predicted octanol–water partition coefficient (Wildman–Crippen LogP) is 5.59. The van der Waals surface area contributed by atoms with Crippen LogP contribution >= 0.6 is 72.9 Å². The van der Waals surface area contributed by atoms with Crippen LogP contribution in [0.2, 0.25) is 0 Å². The van der Waals surface area contributed by atoms with Gasteiger partial charge in [0.25, 0.3) is 5.91 Å². The van der Waals surface area contributed by atoms with Gasteiger partial charge in [-0.2, -0.15) is 0 Å². The van der Waals surface area contributed by atoms with E-state index in [4.69, 9.17) is 0 Å². The monoisotopic (exact) mass is 639 g/mol. The number of amidine groups is 1. The first kappa shape index (κ1) is 19.2. The van der Waals surface area contributed by atoms with Crippen molar-refractivity contribution in [3.8, 4) is 0 Å². The summed E-state index contributed by atoms with van der Waals surface area (Å²) >= 11 is 9.36. The smallest absolute Gasteiger partial charge is 0.264 e. The number of halogens is 3. The number of carbonyl (C=O) groups is 1. The summed E-state index contributed by atoms with van der Waals surface area (Å²) in [7, 11) is 1.91. The Morgan fingerprint density at radius 3 is 2.60 bits per heavy atom. The van der Waals surface area contributed by atoms with Crippen LogP contribution in [0.3, 0.4) is 0 Å². The molecule has 0 saturated carbocycles. The van der Waals surface area contributed by atoms with Gasteiger partial charge in [-0.1, -0.05) is 22.0 Å². The highest BCUT2D eigenvalue weighted by Crippen LogP contribution is 2.31. The van der Waals surface area contributed by atoms with E-state index in [1.807, 2.05) is 37.4 Å². The number of thioether (sulfide) groups is 1. The van der Waals surface area contributed by atoms with E-state index in [1.165, 1.54) is 11.8 Å². The predicted molar refractivity (Wildman–Crippen MR) is 126 cm³/mol. The van der Waals surface area contributed by atoms with Crippen molar-refractivity contribution in [2.75, 3.05) is 12.4 Å². The number of benzene rings is 2. The maximum Gasteiger partial charge on any atom is 0.264 e. The van der Waals surface area contributed by atoms with Gasteiger partial charge in [-0.25, -0.2) is 4.99 Å². The molecule has 1 saturated heterocycles. The molecule has 0 spiro atoms. The van der Waals surface area contributed by atoms with Crippen LogP contribution in [0.1, 0.15) is 5.56 Å². The highest BCUT2D eigenvalue weighted by molar-refractivity contribution is 14.1.